The van der Waals surface area contributed by atoms with Crippen LogP contribution in [0.1, 0.15) is 5.56 Å². The van der Waals surface area contributed by atoms with Gasteiger partial charge in [-0.25, -0.2) is 9.78 Å². The van der Waals surface area contributed by atoms with Crippen LogP contribution in [0.15, 0.2) is 18.3 Å². The van der Waals surface area contributed by atoms with Gasteiger partial charge in [0.25, 0.3) is 0 Å². The first-order chi connectivity index (χ1) is 7.08. The molecule has 0 aliphatic carbocycles. The summed E-state index contributed by atoms with van der Waals surface area (Å²) in [5.41, 5.74) is 0.555. The van der Waals surface area contributed by atoms with Crippen LogP contribution in [0.3, 0.4) is 0 Å². The summed E-state index contributed by atoms with van der Waals surface area (Å²) in [6.07, 6.45) is 0.0936. The molecular weight excluding hydrogens is 210 g/mol. The lowest BCUT2D eigenvalue weighted by Crippen LogP contribution is -2.19. The van der Waals surface area contributed by atoms with Gasteiger partial charge in [0.05, 0.1) is 0 Å². The van der Waals surface area contributed by atoms with Crippen LogP contribution >= 0.6 is 0 Å². The molecule has 0 unspecified atom stereocenters. The molecule has 0 aromatic carbocycles. The van der Waals surface area contributed by atoms with Crippen LogP contribution in [0.4, 0.5) is 13.6 Å². The van der Waals surface area contributed by atoms with Gasteiger partial charge in [-0.05, 0) is 5.56 Å². The fraction of sp³-hybridized carbons (Fsp3) is 0.250. The number of nitrogens with zero attached hydrogens (tertiary/aromatic N) is 1. The van der Waals surface area contributed by atoms with Crippen LogP contribution in [0.25, 0.3) is 0 Å². The lowest BCUT2D eigenvalue weighted by Gasteiger charge is -2.04. The van der Waals surface area contributed by atoms with Crippen molar-refractivity contribution in [2.24, 2.45) is 0 Å². The molecule has 7 heteroatoms. The van der Waals surface area contributed by atoms with E-state index < -0.39 is 12.7 Å². The number of hydrogen-bond donors (Lipinski definition) is 2. The smallest absolute Gasteiger partial charge is 0.404 e. The minimum absolute atomic E-state index is 0.0668. The van der Waals surface area contributed by atoms with Crippen LogP contribution in [0.5, 0.6) is 5.88 Å². The number of amides is 1. The number of pyridine rings is 1. The summed E-state index contributed by atoms with van der Waals surface area (Å²) in [6, 6.07) is 2.69. The van der Waals surface area contributed by atoms with Crippen LogP contribution in [-0.2, 0) is 6.54 Å². The molecule has 5 nitrogen and oxygen atoms in total. The van der Waals surface area contributed by atoms with Crippen molar-refractivity contribution in [1.82, 2.24) is 10.3 Å². The van der Waals surface area contributed by atoms with E-state index in [1.807, 2.05) is 0 Å². The molecule has 0 aliphatic heterocycles. The third kappa shape index (κ3) is 4.21. The third-order valence-corrected chi connectivity index (χ3v) is 1.45. The molecule has 0 radical (unpaired) electrons. The SMILES string of the molecule is O=C(O)NCc1ccc(OC(F)F)nc1. The van der Waals surface area contributed by atoms with Gasteiger partial charge in [0.15, 0.2) is 0 Å². The van der Waals surface area contributed by atoms with Crippen LogP contribution < -0.4 is 10.1 Å². The molecule has 0 saturated heterocycles. The molecule has 1 rings (SSSR count). The number of alkyl halides is 2. The average molecular weight is 218 g/mol. The van der Waals surface area contributed by atoms with E-state index in [1.165, 1.54) is 18.3 Å². The highest BCUT2D eigenvalue weighted by Crippen LogP contribution is 2.10. The van der Waals surface area contributed by atoms with E-state index in [4.69, 9.17) is 5.11 Å². The van der Waals surface area contributed by atoms with Gasteiger partial charge in [-0.1, -0.05) is 6.07 Å². The number of carbonyl (C=O) groups is 1. The van der Waals surface area contributed by atoms with Crippen molar-refractivity contribution < 1.29 is 23.4 Å². The Balaban J connectivity index is 2.52. The van der Waals surface area contributed by atoms with Crippen molar-refractivity contribution in [2.75, 3.05) is 0 Å². The quantitative estimate of drug-likeness (QED) is 0.802. The van der Waals surface area contributed by atoms with Crippen molar-refractivity contribution in [3.8, 4) is 5.88 Å². The molecule has 0 fully saturated rings. The molecule has 0 saturated carbocycles. The minimum Gasteiger partial charge on any atom is -0.465 e. The Bertz CT molecular complexity index is 329. The maximum atomic E-state index is 11.7. The Morgan fingerprint density at radius 1 is 1.60 bits per heavy atom. The summed E-state index contributed by atoms with van der Waals surface area (Å²) in [7, 11) is 0. The summed E-state index contributed by atoms with van der Waals surface area (Å²) >= 11 is 0. The molecule has 1 aromatic rings. The molecule has 15 heavy (non-hydrogen) atoms. The summed E-state index contributed by atoms with van der Waals surface area (Å²) < 4.78 is 27.5. The topological polar surface area (TPSA) is 71.5 Å². The van der Waals surface area contributed by atoms with Gasteiger partial charge in [-0.15, -0.1) is 0 Å². The fourth-order valence-corrected chi connectivity index (χ4v) is 0.854. The van der Waals surface area contributed by atoms with E-state index in [1.54, 1.807) is 0 Å². The number of rotatable bonds is 4. The van der Waals surface area contributed by atoms with Gasteiger partial charge >= 0.3 is 12.7 Å². The fourth-order valence-electron chi connectivity index (χ4n) is 0.854. The molecule has 1 amide bonds. The molecule has 0 spiro atoms. The van der Waals surface area contributed by atoms with E-state index in [2.05, 4.69) is 15.0 Å². The normalized spacial score (nSPS) is 10.1. The molecule has 1 aromatic heterocycles. The van der Waals surface area contributed by atoms with Gasteiger partial charge in [0.1, 0.15) is 0 Å². The zero-order chi connectivity index (χ0) is 11.3. The number of carboxylic acid groups (broad SMARTS) is 1. The second-order valence-electron chi connectivity index (χ2n) is 2.54. The number of aromatic nitrogens is 1. The molecule has 0 aliphatic rings. The second-order valence-corrected chi connectivity index (χ2v) is 2.54. The summed E-state index contributed by atoms with van der Waals surface area (Å²) in [6.45, 7) is -2.85. The molecule has 2 N–H and O–H groups in total. The molecule has 0 bridgehead atoms. The maximum Gasteiger partial charge on any atom is 0.404 e. The molecule has 1 heterocycles. The van der Waals surface area contributed by atoms with Gasteiger partial charge in [0, 0.05) is 18.8 Å². The zero-order valence-corrected chi connectivity index (χ0v) is 7.48. The van der Waals surface area contributed by atoms with Gasteiger partial charge < -0.3 is 15.2 Å². The number of ether oxygens (including phenoxy) is 1. The van der Waals surface area contributed by atoms with E-state index in [9.17, 15) is 13.6 Å². The van der Waals surface area contributed by atoms with Crippen molar-refractivity contribution in [2.45, 2.75) is 13.2 Å². The Morgan fingerprint density at radius 2 is 2.33 bits per heavy atom. The first-order valence-electron chi connectivity index (χ1n) is 3.94. The maximum absolute atomic E-state index is 11.7. The summed E-state index contributed by atoms with van der Waals surface area (Å²) in [5.74, 6) is -0.205. The van der Waals surface area contributed by atoms with E-state index >= 15 is 0 Å². The number of nitrogens with one attached hydrogen (secondary N) is 1. The summed E-state index contributed by atoms with van der Waals surface area (Å²) in [5, 5.41) is 10.4. The van der Waals surface area contributed by atoms with Crippen molar-refractivity contribution in [3.63, 3.8) is 0 Å². The van der Waals surface area contributed by atoms with Crippen molar-refractivity contribution in [1.29, 1.82) is 0 Å². The highest BCUT2D eigenvalue weighted by atomic mass is 19.3. The van der Waals surface area contributed by atoms with Crippen molar-refractivity contribution >= 4 is 6.09 Å². The van der Waals surface area contributed by atoms with Crippen LogP contribution in [-0.4, -0.2) is 22.8 Å². The predicted octanol–water partition coefficient (Wildman–Crippen LogP) is 1.45. The third-order valence-electron chi connectivity index (χ3n) is 1.45. The standard InChI is InChI=1S/C8H8F2N2O3/c9-7(10)15-6-2-1-5(3-11-6)4-12-8(13)14/h1-3,7,12H,4H2,(H,13,14). The van der Waals surface area contributed by atoms with Gasteiger partial charge in [-0.2, -0.15) is 8.78 Å². The Labute approximate surface area is 83.7 Å². The van der Waals surface area contributed by atoms with Gasteiger partial charge in [0.2, 0.25) is 5.88 Å². The Hall–Kier alpha value is -1.92. The minimum atomic E-state index is -2.92. The zero-order valence-electron chi connectivity index (χ0n) is 7.48. The first kappa shape index (κ1) is 11.2. The number of halogens is 2. The lowest BCUT2D eigenvalue weighted by atomic mass is 10.3. The highest BCUT2D eigenvalue weighted by molar-refractivity contribution is 5.64. The Kier molecular flexibility index (Phi) is 3.78. The van der Waals surface area contributed by atoms with E-state index in [-0.39, 0.29) is 12.4 Å². The van der Waals surface area contributed by atoms with Crippen LogP contribution in [0.2, 0.25) is 0 Å². The largest absolute Gasteiger partial charge is 0.465 e. The first-order valence-corrected chi connectivity index (χ1v) is 3.94. The monoisotopic (exact) mass is 218 g/mol. The van der Waals surface area contributed by atoms with Crippen molar-refractivity contribution in [3.05, 3.63) is 23.9 Å². The highest BCUT2D eigenvalue weighted by Gasteiger charge is 2.05. The Morgan fingerprint density at radius 3 is 2.80 bits per heavy atom. The van der Waals surface area contributed by atoms with E-state index in [0.29, 0.717) is 5.56 Å². The molecular formula is C8H8F2N2O3. The predicted molar refractivity (Wildman–Crippen MR) is 45.7 cm³/mol. The average Bonchev–Trinajstić information content (AvgIpc) is 2.16. The molecule has 0 atom stereocenters. The summed E-state index contributed by atoms with van der Waals surface area (Å²) in [4.78, 5) is 13.7. The van der Waals surface area contributed by atoms with Crippen LogP contribution in [0, 0.1) is 0 Å². The lowest BCUT2D eigenvalue weighted by molar-refractivity contribution is -0.0528. The number of hydrogen-bond acceptors (Lipinski definition) is 3. The van der Waals surface area contributed by atoms with Gasteiger partial charge in [-0.3, -0.25) is 0 Å². The molecule has 82 valence electrons. The van der Waals surface area contributed by atoms with E-state index in [0.717, 1.165) is 0 Å². The second kappa shape index (κ2) is 5.08.